The summed E-state index contributed by atoms with van der Waals surface area (Å²) in [5.74, 6) is 0.0187. The summed E-state index contributed by atoms with van der Waals surface area (Å²) >= 11 is 9.22. The maximum absolute atomic E-state index is 11.7. The number of amides is 1. The van der Waals surface area contributed by atoms with Gasteiger partial charge in [0.2, 0.25) is 0 Å². The van der Waals surface area contributed by atoms with Gasteiger partial charge in [0, 0.05) is 4.47 Å². The lowest BCUT2D eigenvalue weighted by Gasteiger charge is -2.09. The lowest BCUT2D eigenvalue weighted by atomic mass is 10.2. The minimum Gasteiger partial charge on any atom is -0.273 e. The molecule has 0 heterocycles. The Morgan fingerprint density at radius 2 is 2.25 bits per heavy atom. The van der Waals surface area contributed by atoms with Crippen molar-refractivity contribution in [3.05, 3.63) is 33.3 Å². The third-order valence-electron chi connectivity index (χ3n) is 1.78. The molecule has 0 spiro atoms. The highest BCUT2D eigenvalue weighted by Crippen LogP contribution is 2.25. The van der Waals surface area contributed by atoms with Gasteiger partial charge in [-0.3, -0.25) is 9.63 Å². The Kier molecular flexibility index (Phi) is 5.25. The molecule has 0 saturated carbocycles. The van der Waals surface area contributed by atoms with Gasteiger partial charge in [-0.05, 0) is 34.0 Å². The van der Waals surface area contributed by atoms with Gasteiger partial charge in [0.05, 0.1) is 17.2 Å². The molecule has 0 aliphatic rings. The van der Waals surface area contributed by atoms with E-state index in [0.29, 0.717) is 27.6 Å². The van der Waals surface area contributed by atoms with Gasteiger partial charge in [-0.25, -0.2) is 5.48 Å². The minimum atomic E-state index is -0.341. The van der Waals surface area contributed by atoms with E-state index in [1.54, 1.807) is 18.2 Å². The van der Waals surface area contributed by atoms with Crippen LogP contribution < -0.4 is 5.48 Å². The van der Waals surface area contributed by atoms with Gasteiger partial charge in [-0.1, -0.05) is 31.5 Å². The molecule has 3 nitrogen and oxygen atoms in total. The highest BCUT2D eigenvalue weighted by Gasteiger charge is 2.12. The monoisotopic (exact) mass is 305 g/mol. The zero-order valence-electron chi connectivity index (χ0n) is 9.09. The number of nitrogens with one attached hydrogen (secondary N) is 1. The van der Waals surface area contributed by atoms with Crippen molar-refractivity contribution in [1.82, 2.24) is 5.48 Å². The lowest BCUT2D eigenvalue weighted by molar-refractivity contribution is 0.0209. The van der Waals surface area contributed by atoms with Crippen LogP contribution in [-0.4, -0.2) is 12.5 Å². The number of carbonyl (C=O) groups excluding carboxylic acids is 1. The summed E-state index contributed by atoms with van der Waals surface area (Å²) in [7, 11) is 0. The summed E-state index contributed by atoms with van der Waals surface area (Å²) in [6.07, 6.45) is 0. The van der Waals surface area contributed by atoms with Crippen LogP contribution in [0.5, 0.6) is 0 Å². The molecule has 0 saturated heterocycles. The summed E-state index contributed by atoms with van der Waals surface area (Å²) in [4.78, 5) is 16.7. The van der Waals surface area contributed by atoms with E-state index < -0.39 is 0 Å². The van der Waals surface area contributed by atoms with Crippen LogP contribution in [0.2, 0.25) is 5.02 Å². The number of hydrogen-bond donors (Lipinski definition) is 1. The van der Waals surface area contributed by atoms with Gasteiger partial charge in [0.1, 0.15) is 0 Å². The molecule has 0 aliphatic carbocycles. The highest BCUT2D eigenvalue weighted by molar-refractivity contribution is 9.10. The van der Waals surface area contributed by atoms with E-state index in [1.165, 1.54) is 0 Å². The van der Waals surface area contributed by atoms with Crippen LogP contribution in [0.4, 0.5) is 0 Å². The first kappa shape index (κ1) is 13.5. The van der Waals surface area contributed by atoms with Crippen molar-refractivity contribution in [2.45, 2.75) is 13.8 Å². The van der Waals surface area contributed by atoms with Gasteiger partial charge in [-0.2, -0.15) is 0 Å². The summed E-state index contributed by atoms with van der Waals surface area (Å²) in [5, 5.41) is 0.383. The largest absolute Gasteiger partial charge is 0.276 e. The van der Waals surface area contributed by atoms with Crippen molar-refractivity contribution in [1.29, 1.82) is 0 Å². The van der Waals surface area contributed by atoms with E-state index in [-0.39, 0.29) is 5.91 Å². The molecular weight excluding hydrogens is 293 g/mol. The number of carbonyl (C=O) groups is 1. The average Bonchev–Trinajstić information content (AvgIpc) is 2.21. The van der Waals surface area contributed by atoms with Gasteiger partial charge in [-0.15, -0.1) is 0 Å². The van der Waals surface area contributed by atoms with Crippen LogP contribution in [-0.2, 0) is 4.84 Å². The first-order valence-electron chi connectivity index (χ1n) is 4.88. The van der Waals surface area contributed by atoms with E-state index >= 15 is 0 Å². The third-order valence-corrected chi connectivity index (χ3v) is 3.07. The minimum absolute atomic E-state index is 0.341. The van der Waals surface area contributed by atoms with Crippen molar-refractivity contribution in [2.75, 3.05) is 6.61 Å². The molecule has 0 fully saturated rings. The second kappa shape index (κ2) is 6.23. The SMILES string of the molecule is CC(C)CONC(=O)c1cccc(Br)c1Cl. The predicted octanol–water partition coefficient (Wildman–Crippen LogP) is 3.42. The Balaban J connectivity index is 2.63. The molecule has 0 radical (unpaired) electrons. The number of rotatable bonds is 4. The van der Waals surface area contributed by atoms with Crippen molar-refractivity contribution in [3.8, 4) is 0 Å². The first-order chi connectivity index (χ1) is 7.52. The molecule has 1 aromatic rings. The van der Waals surface area contributed by atoms with Crippen molar-refractivity contribution in [3.63, 3.8) is 0 Å². The van der Waals surface area contributed by atoms with Crippen LogP contribution >= 0.6 is 27.5 Å². The van der Waals surface area contributed by atoms with Crippen LogP contribution in [0.15, 0.2) is 22.7 Å². The number of benzene rings is 1. The Morgan fingerprint density at radius 1 is 1.56 bits per heavy atom. The van der Waals surface area contributed by atoms with Gasteiger partial charge >= 0.3 is 0 Å². The Bertz CT molecular complexity index is 382. The molecule has 5 heteroatoms. The quantitative estimate of drug-likeness (QED) is 0.866. The van der Waals surface area contributed by atoms with Crippen molar-refractivity contribution in [2.24, 2.45) is 5.92 Å². The number of halogens is 2. The molecule has 1 aromatic carbocycles. The molecule has 16 heavy (non-hydrogen) atoms. The standard InChI is InChI=1S/C11H13BrClNO2/c1-7(2)6-16-14-11(15)8-4-3-5-9(12)10(8)13/h3-5,7H,6H2,1-2H3,(H,14,15). The topological polar surface area (TPSA) is 38.3 Å². The van der Waals surface area contributed by atoms with E-state index in [1.807, 2.05) is 13.8 Å². The predicted molar refractivity (Wildman–Crippen MR) is 67.4 cm³/mol. The normalized spacial score (nSPS) is 10.6. The van der Waals surface area contributed by atoms with Crippen LogP contribution in [0.25, 0.3) is 0 Å². The summed E-state index contributed by atoms with van der Waals surface area (Å²) < 4.78 is 0.686. The number of hydrogen-bond acceptors (Lipinski definition) is 2. The van der Waals surface area contributed by atoms with Crippen LogP contribution in [0.1, 0.15) is 24.2 Å². The van der Waals surface area contributed by atoms with Gasteiger partial charge in [0.25, 0.3) is 5.91 Å². The Morgan fingerprint density at radius 3 is 2.88 bits per heavy atom. The third kappa shape index (κ3) is 3.77. The molecule has 0 aliphatic heterocycles. The molecule has 1 rings (SSSR count). The zero-order chi connectivity index (χ0) is 12.1. The van der Waals surface area contributed by atoms with E-state index in [4.69, 9.17) is 16.4 Å². The second-order valence-electron chi connectivity index (χ2n) is 3.74. The summed E-state index contributed by atoms with van der Waals surface area (Å²) in [6, 6.07) is 5.16. The van der Waals surface area contributed by atoms with E-state index in [9.17, 15) is 4.79 Å². The molecule has 0 aromatic heterocycles. The molecular formula is C11H13BrClNO2. The number of hydroxylamine groups is 1. The molecule has 0 bridgehead atoms. The smallest absolute Gasteiger partial charge is 0.273 e. The lowest BCUT2D eigenvalue weighted by Crippen LogP contribution is -2.25. The van der Waals surface area contributed by atoms with Gasteiger partial charge in [0.15, 0.2) is 0 Å². The summed E-state index contributed by atoms with van der Waals surface area (Å²) in [5.41, 5.74) is 2.74. The average molecular weight is 307 g/mol. The fourth-order valence-electron chi connectivity index (χ4n) is 1.01. The summed E-state index contributed by atoms with van der Waals surface area (Å²) in [6.45, 7) is 4.47. The van der Waals surface area contributed by atoms with Crippen LogP contribution in [0, 0.1) is 5.92 Å². The maximum atomic E-state index is 11.7. The molecule has 88 valence electrons. The van der Waals surface area contributed by atoms with E-state index in [0.717, 1.165) is 0 Å². The zero-order valence-corrected chi connectivity index (χ0v) is 11.4. The Hall–Kier alpha value is -0.580. The molecule has 0 atom stereocenters. The van der Waals surface area contributed by atoms with Crippen LogP contribution in [0.3, 0.4) is 0 Å². The van der Waals surface area contributed by atoms with Gasteiger partial charge < -0.3 is 0 Å². The van der Waals surface area contributed by atoms with Crippen molar-refractivity contribution < 1.29 is 9.63 Å². The second-order valence-corrected chi connectivity index (χ2v) is 4.97. The first-order valence-corrected chi connectivity index (χ1v) is 6.05. The highest BCUT2D eigenvalue weighted by atomic mass is 79.9. The van der Waals surface area contributed by atoms with E-state index in [2.05, 4.69) is 21.4 Å². The fourth-order valence-corrected chi connectivity index (χ4v) is 1.59. The van der Waals surface area contributed by atoms with Crippen molar-refractivity contribution >= 4 is 33.4 Å². The molecule has 1 N–H and O–H groups in total. The maximum Gasteiger partial charge on any atom is 0.276 e. The molecule has 1 amide bonds. The molecule has 0 unspecified atom stereocenters. The fraction of sp³-hybridized carbons (Fsp3) is 0.364. The Labute approximate surface area is 108 Å².